The molecule has 0 atom stereocenters. The van der Waals surface area contributed by atoms with Crippen LogP contribution in [0.4, 0.5) is 11.4 Å². The van der Waals surface area contributed by atoms with Gasteiger partial charge in [0.2, 0.25) is 5.91 Å². The van der Waals surface area contributed by atoms with Gasteiger partial charge in [0.1, 0.15) is 5.54 Å². The van der Waals surface area contributed by atoms with Crippen molar-refractivity contribution in [1.82, 2.24) is 9.88 Å². The predicted octanol–water partition coefficient (Wildman–Crippen LogP) is 7.50. The van der Waals surface area contributed by atoms with Crippen molar-refractivity contribution in [2.24, 2.45) is 0 Å². The number of aliphatic carboxylic acids is 1. The molecule has 3 N–H and O–H groups in total. The van der Waals surface area contributed by atoms with Crippen LogP contribution in [0.2, 0.25) is 0 Å². The largest absolute Gasteiger partial charge is 0.478 e. The van der Waals surface area contributed by atoms with Crippen LogP contribution in [0.1, 0.15) is 84.3 Å². The number of rotatable bonds is 7. The number of nitrogens with zero attached hydrogens (tertiary/aromatic N) is 2. The Morgan fingerprint density at radius 1 is 0.915 bits per heavy atom. The number of benzene rings is 3. The molecule has 2 fully saturated rings. The summed E-state index contributed by atoms with van der Waals surface area (Å²) in [6.07, 6.45) is 10.7. The molecule has 242 valence electrons. The summed E-state index contributed by atoms with van der Waals surface area (Å²) in [5, 5.41) is 16.2. The number of hydrogen-bond donors (Lipinski definition) is 3. The number of aromatic nitrogens is 1. The van der Waals surface area contributed by atoms with E-state index in [1.165, 1.54) is 71.6 Å². The Hall–Kier alpha value is -4.85. The molecule has 8 nitrogen and oxygen atoms in total. The quantitative estimate of drug-likeness (QED) is 0.184. The highest BCUT2D eigenvalue weighted by atomic mass is 16.4. The van der Waals surface area contributed by atoms with E-state index in [4.69, 9.17) is 5.11 Å². The average Bonchev–Trinajstić information content (AvgIpc) is 3.30. The summed E-state index contributed by atoms with van der Waals surface area (Å²) in [6.45, 7) is 3.84. The molecule has 1 aliphatic heterocycles. The van der Waals surface area contributed by atoms with E-state index in [-0.39, 0.29) is 11.8 Å². The number of carboxylic acids is 1. The Labute approximate surface area is 275 Å². The summed E-state index contributed by atoms with van der Waals surface area (Å²) in [4.78, 5) is 40.6. The van der Waals surface area contributed by atoms with Crippen LogP contribution < -0.4 is 15.5 Å². The molecule has 4 aromatic rings. The highest BCUT2D eigenvalue weighted by molar-refractivity contribution is 6.06. The number of amides is 2. The van der Waals surface area contributed by atoms with Gasteiger partial charge in [-0.25, -0.2) is 4.79 Å². The number of likely N-dealkylation sites (N-methyl/N-ethyl adjacent to an activating group) is 1. The number of anilines is 2. The summed E-state index contributed by atoms with van der Waals surface area (Å²) in [5.74, 6) is -1.01. The molecule has 2 aliphatic carbocycles. The van der Waals surface area contributed by atoms with Gasteiger partial charge in [-0.2, -0.15) is 0 Å². The first-order valence-corrected chi connectivity index (χ1v) is 16.9. The van der Waals surface area contributed by atoms with Crippen LogP contribution in [-0.4, -0.2) is 46.6 Å². The number of hydrogen-bond acceptors (Lipinski definition) is 4. The van der Waals surface area contributed by atoms with Crippen LogP contribution in [0, 0.1) is 6.92 Å². The Morgan fingerprint density at radius 3 is 2.38 bits per heavy atom. The summed E-state index contributed by atoms with van der Waals surface area (Å²) in [6, 6.07) is 19.8. The third kappa shape index (κ3) is 5.81. The van der Waals surface area contributed by atoms with Gasteiger partial charge in [-0.1, -0.05) is 49.6 Å². The number of nitrogens with one attached hydrogen (secondary N) is 2. The van der Waals surface area contributed by atoms with Crippen molar-refractivity contribution in [3.05, 3.63) is 89.0 Å². The molecule has 2 heterocycles. The minimum Gasteiger partial charge on any atom is -0.478 e. The third-order valence-electron chi connectivity index (χ3n) is 10.4. The van der Waals surface area contributed by atoms with Crippen molar-refractivity contribution in [1.29, 1.82) is 0 Å². The molecule has 3 aromatic carbocycles. The highest BCUT2D eigenvalue weighted by Gasteiger charge is 2.45. The molecule has 47 heavy (non-hydrogen) atoms. The highest BCUT2D eigenvalue weighted by Crippen LogP contribution is 2.47. The van der Waals surface area contributed by atoms with Crippen molar-refractivity contribution in [3.8, 4) is 11.3 Å². The number of carbonyl (C=O) groups excluding carboxylic acids is 2. The van der Waals surface area contributed by atoms with Crippen LogP contribution in [0.15, 0.2) is 66.7 Å². The van der Waals surface area contributed by atoms with Gasteiger partial charge < -0.3 is 25.2 Å². The van der Waals surface area contributed by atoms with Crippen molar-refractivity contribution in [2.45, 2.75) is 76.3 Å². The molecule has 8 heteroatoms. The zero-order valence-corrected chi connectivity index (χ0v) is 27.1. The lowest BCUT2D eigenvalue weighted by Crippen LogP contribution is -2.61. The average molecular weight is 631 g/mol. The molecule has 7 rings (SSSR count). The Morgan fingerprint density at radius 2 is 1.68 bits per heavy atom. The molecule has 3 aliphatic rings. The second-order valence-electron chi connectivity index (χ2n) is 13.6. The number of fused-ring (bicyclic) bond motifs is 5. The van der Waals surface area contributed by atoms with Gasteiger partial charge in [-0.05, 0) is 98.0 Å². The van der Waals surface area contributed by atoms with Crippen LogP contribution in [0.3, 0.4) is 0 Å². The van der Waals surface area contributed by atoms with Gasteiger partial charge in [-0.3, -0.25) is 9.59 Å². The Bertz CT molecular complexity index is 1890. The van der Waals surface area contributed by atoms with E-state index < -0.39 is 11.5 Å². The number of aryl methyl sites for hydroxylation is 1. The van der Waals surface area contributed by atoms with Crippen LogP contribution >= 0.6 is 0 Å². The first-order valence-electron chi connectivity index (χ1n) is 16.9. The maximum absolute atomic E-state index is 13.9. The molecule has 0 spiro atoms. The lowest BCUT2D eigenvalue weighted by molar-refractivity contribution is -0.131. The fourth-order valence-corrected chi connectivity index (χ4v) is 7.70. The third-order valence-corrected chi connectivity index (χ3v) is 10.4. The smallest absolute Gasteiger partial charge is 0.328 e. The van der Waals surface area contributed by atoms with Crippen molar-refractivity contribution in [3.63, 3.8) is 0 Å². The fraction of sp³-hybridized carbons (Fsp3) is 0.359. The molecule has 1 aromatic heterocycles. The van der Waals surface area contributed by atoms with Gasteiger partial charge >= 0.3 is 5.97 Å². The van der Waals surface area contributed by atoms with E-state index in [0.29, 0.717) is 35.6 Å². The maximum Gasteiger partial charge on any atom is 0.328 e. The summed E-state index contributed by atoms with van der Waals surface area (Å²) in [7, 11) is 2.17. The molecule has 0 radical (unpaired) electrons. The molecule has 0 saturated heterocycles. The monoisotopic (exact) mass is 630 g/mol. The summed E-state index contributed by atoms with van der Waals surface area (Å²) < 4.78 is 2.44. The molecule has 0 unspecified atom stereocenters. The number of carbonyl (C=O) groups is 3. The van der Waals surface area contributed by atoms with Gasteiger partial charge in [0.25, 0.3) is 5.91 Å². The Balaban J connectivity index is 1.20. The standard InChI is InChI=1S/C39H42N4O4/c1-25-9-16-31-32(23-25)42(2)21-22-43-33-24-28(13-17-30(33)35(36(31)43)27-7-4-3-5-8-27)37(46)41-39(19-6-20-39)38(47)40-29-14-10-26(11-15-29)12-18-34(44)45/h9-18,23-24,27H,3-8,19-22H2,1-2H3,(H,40,47)(H,41,46)(H,44,45)/b18-12+. The van der Waals surface area contributed by atoms with Crippen molar-refractivity contribution >= 4 is 46.1 Å². The lowest BCUT2D eigenvalue weighted by atomic mass is 9.75. The van der Waals surface area contributed by atoms with Gasteiger partial charge in [-0.15, -0.1) is 0 Å². The van der Waals surface area contributed by atoms with Crippen LogP contribution in [-0.2, 0) is 16.1 Å². The zero-order chi connectivity index (χ0) is 32.7. The van der Waals surface area contributed by atoms with E-state index >= 15 is 0 Å². The van der Waals surface area contributed by atoms with E-state index in [0.717, 1.165) is 31.1 Å². The molecule has 2 saturated carbocycles. The minimum atomic E-state index is -1.02. The topological polar surface area (TPSA) is 104 Å². The van der Waals surface area contributed by atoms with Crippen LogP contribution in [0.5, 0.6) is 0 Å². The molecule has 2 amide bonds. The number of carboxylic acid groups (broad SMARTS) is 1. The summed E-state index contributed by atoms with van der Waals surface area (Å²) >= 11 is 0. The van der Waals surface area contributed by atoms with Gasteiger partial charge in [0.15, 0.2) is 0 Å². The predicted molar refractivity (Wildman–Crippen MR) is 187 cm³/mol. The Kier molecular flexibility index (Phi) is 8.12. The maximum atomic E-state index is 13.9. The van der Waals surface area contributed by atoms with Gasteiger partial charge in [0, 0.05) is 59.6 Å². The second kappa shape index (κ2) is 12.4. The second-order valence-corrected chi connectivity index (χ2v) is 13.6. The van der Waals surface area contributed by atoms with E-state index in [1.54, 1.807) is 24.3 Å². The normalized spacial score (nSPS) is 17.4. The van der Waals surface area contributed by atoms with Gasteiger partial charge in [0.05, 0.1) is 5.69 Å². The first kappa shape index (κ1) is 30.8. The SMILES string of the molecule is Cc1ccc2c(c1)N(C)CCn1c-2c(C2CCCCC2)c2ccc(C(=O)NC3(C(=O)Nc4ccc(/C=C/C(=O)O)cc4)CCC3)cc21. The summed E-state index contributed by atoms with van der Waals surface area (Å²) in [5.41, 5.74) is 8.45. The first-order chi connectivity index (χ1) is 22.7. The lowest BCUT2D eigenvalue weighted by Gasteiger charge is -2.40. The zero-order valence-electron chi connectivity index (χ0n) is 27.1. The molecule has 0 bridgehead atoms. The molecular formula is C39H42N4O4. The van der Waals surface area contributed by atoms with E-state index in [1.807, 2.05) is 12.1 Å². The van der Waals surface area contributed by atoms with E-state index in [9.17, 15) is 14.4 Å². The minimum absolute atomic E-state index is 0.238. The molecular weight excluding hydrogens is 588 g/mol. The van der Waals surface area contributed by atoms with E-state index in [2.05, 4.69) is 58.3 Å². The fourth-order valence-electron chi connectivity index (χ4n) is 7.70. The van der Waals surface area contributed by atoms with Crippen molar-refractivity contribution < 1.29 is 19.5 Å². The van der Waals surface area contributed by atoms with Crippen molar-refractivity contribution in [2.75, 3.05) is 23.8 Å². The van der Waals surface area contributed by atoms with Crippen LogP contribution in [0.25, 0.3) is 28.2 Å².